The first-order valence-electron chi connectivity index (χ1n) is 8.91. The molecule has 3 aromatic carbocycles. The summed E-state index contributed by atoms with van der Waals surface area (Å²) in [4.78, 5) is 37.0. The maximum absolute atomic E-state index is 13.2. The Balaban J connectivity index is 0.00000306. The SMILES string of the molecule is Nc1c(S(=O)(=O)[O-])cc(Nc2cc(Cl)ccc2C(=O)O)c2c1C(=O)c1ccccc1C2=O.[Na+]. The summed E-state index contributed by atoms with van der Waals surface area (Å²) >= 11 is 5.96. The molecule has 1 aliphatic rings. The second-order valence-electron chi connectivity index (χ2n) is 6.86. The number of halogens is 1. The molecule has 9 nitrogen and oxygen atoms in total. The van der Waals surface area contributed by atoms with Gasteiger partial charge >= 0.3 is 35.5 Å². The van der Waals surface area contributed by atoms with Crippen molar-refractivity contribution in [2.75, 3.05) is 11.1 Å². The molecule has 0 amide bonds. The molecule has 4 rings (SSSR count). The van der Waals surface area contributed by atoms with Gasteiger partial charge in [0.2, 0.25) is 0 Å². The van der Waals surface area contributed by atoms with Crippen molar-refractivity contribution in [1.82, 2.24) is 0 Å². The van der Waals surface area contributed by atoms with Crippen LogP contribution in [-0.2, 0) is 10.1 Å². The Bertz CT molecular complexity index is 1470. The molecule has 4 N–H and O–H groups in total. The minimum Gasteiger partial charge on any atom is -0.744 e. The summed E-state index contributed by atoms with van der Waals surface area (Å²) in [5, 5.41) is 12.2. The van der Waals surface area contributed by atoms with Crippen LogP contribution < -0.4 is 40.6 Å². The van der Waals surface area contributed by atoms with Crippen molar-refractivity contribution in [3.05, 3.63) is 81.4 Å². The second kappa shape index (κ2) is 8.90. The molecule has 3 aromatic rings. The van der Waals surface area contributed by atoms with E-state index >= 15 is 0 Å². The summed E-state index contributed by atoms with van der Waals surface area (Å²) in [6.45, 7) is 0. The number of carbonyl (C=O) groups is 3. The second-order valence-corrected chi connectivity index (χ2v) is 8.65. The zero-order valence-electron chi connectivity index (χ0n) is 16.9. The van der Waals surface area contributed by atoms with E-state index in [1.807, 2.05) is 0 Å². The van der Waals surface area contributed by atoms with Gasteiger partial charge in [-0.25, -0.2) is 13.2 Å². The number of benzene rings is 3. The molecule has 0 heterocycles. The van der Waals surface area contributed by atoms with Gasteiger partial charge in [0.15, 0.2) is 11.6 Å². The number of hydrogen-bond acceptors (Lipinski definition) is 8. The van der Waals surface area contributed by atoms with Crippen LogP contribution in [0.25, 0.3) is 0 Å². The molecule has 33 heavy (non-hydrogen) atoms. The number of nitrogens with one attached hydrogen (secondary N) is 1. The molecule has 0 unspecified atom stereocenters. The molecule has 162 valence electrons. The van der Waals surface area contributed by atoms with Gasteiger partial charge in [0.05, 0.1) is 38.6 Å². The van der Waals surface area contributed by atoms with Crippen molar-refractivity contribution in [2.45, 2.75) is 4.90 Å². The fourth-order valence-corrected chi connectivity index (χ4v) is 4.36. The molecule has 0 aromatic heterocycles. The molecule has 0 bridgehead atoms. The Hall–Kier alpha value is -2.73. The molecule has 0 aliphatic heterocycles. The first-order valence-corrected chi connectivity index (χ1v) is 10.7. The third kappa shape index (κ3) is 4.29. The number of carbonyl (C=O) groups excluding carboxylic acids is 2. The Morgan fingerprint density at radius 3 is 2.09 bits per heavy atom. The molecule has 0 saturated heterocycles. The van der Waals surface area contributed by atoms with Crippen molar-refractivity contribution in [2.24, 2.45) is 0 Å². The number of ketones is 2. The fraction of sp³-hybridized carbons (Fsp3) is 0. The average Bonchev–Trinajstić information content (AvgIpc) is 2.72. The average molecular weight is 495 g/mol. The molecule has 0 fully saturated rings. The van der Waals surface area contributed by atoms with Crippen molar-refractivity contribution in [3.63, 3.8) is 0 Å². The van der Waals surface area contributed by atoms with Crippen molar-refractivity contribution in [3.8, 4) is 0 Å². The fourth-order valence-electron chi connectivity index (χ4n) is 3.55. The van der Waals surface area contributed by atoms with Gasteiger partial charge in [0.1, 0.15) is 10.1 Å². The monoisotopic (exact) mass is 494 g/mol. The number of nitrogen functional groups attached to an aromatic ring is 1. The van der Waals surface area contributed by atoms with Crippen LogP contribution in [0.4, 0.5) is 17.1 Å². The van der Waals surface area contributed by atoms with Gasteiger partial charge < -0.3 is 20.7 Å². The molecule has 0 spiro atoms. The van der Waals surface area contributed by atoms with E-state index in [4.69, 9.17) is 17.3 Å². The standard InChI is InChI=1S/C21H13ClN2O7S.Na/c22-9-5-6-12(21(27)28)13(7-9)24-14-8-15(32(29,30)31)18(23)17-16(14)19(25)10-3-1-2-4-11(10)20(17)26;/h1-8,24H,23H2,(H,27,28)(H,29,30,31);/q;+1/p-1. The van der Waals surface area contributed by atoms with Crippen LogP contribution in [0.3, 0.4) is 0 Å². The number of aromatic carboxylic acids is 1. The molecule has 0 radical (unpaired) electrons. The van der Waals surface area contributed by atoms with Gasteiger partial charge in [-0.15, -0.1) is 0 Å². The van der Waals surface area contributed by atoms with E-state index in [0.717, 1.165) is 6.07 Å². The van der Waals surface area contributed by atoms with E-state index in [2.05, 4.69) is 5.32 Å². The van der Waals surface area contributed by atoms with Crippen LogP contribution in [0.15, 0.2) is 53.4 Å². The van der Waals surface area contributed by atoms with Crippen LogP contribution in [0.1, 0.15) is 42.2 Å². The summed E-state index contributed by atoms with van der Waals surface area (Å²) in [6, 6.07) is 10.4. The summed E-state index contributed by atoms with van der Waals surface area (Å²) in [6.07, 6.45) is 0. The molecule has 0 atom stereocenters. The summed E-state index contributed by atoms with van der Waals surface area (Å²) in [5.41, 5.74) is 3.91. The zero-order valence-corrected chi connectivity index (χ0v) is 20.5. The molecule has 12 heteroatoms. The Morgan fingerprint density at radius 1 is 0.970 bits per heavy atom. The predicted octanol–water partition coefficient (Wildman–Crippen LogP) is 0.0475. The third-order valence-corrected chi connectivity index (χ3v) is 6.06. The van der Waals surface area contributed by atoms with Crippen molar-refractivity contribution >= 4 is 56.3 Å². The minimum atomic E-state index is -5.16. The van der Waals surface area contributed by atoms with E-state index < -0.39 is 43.8 Å². The number of hydrogen-bond donors (Lipinski definition) is 3. The minimum absolute atomic E-state index is 0. The van der Waals surface area contributed by atoms with Crippen LogP contribution in [-0.4, -0.2) is 35.6 Å². The van der Waals surface area contributed by atoms with Gasteiger partial charge in [-0.1, -0.05) is 35.9 Å². The van der Waals surface area contributed by atoms with E-state index in [9.17, 15) is 32.5 Å². The molecular weight excluding hydrogens is 483 g/mol. The Labute approximate surface area is 214 Å². The number of anilines is 3. The summed E-state index contributed by atoms with van der Waals surface area (Å²) in [7, 11) is -5.16. The third-order valence-electron chi connectivity index (χ3n) is 4.95. The number of carboxylic acid groups (broad SMARTS) is 1. The van der Waals surface area contributed by atoms with E-state index in [1.54, 1.807) is 6.07 Å². The van der Waals surface area contributed by atoms with E-state index in [-0.39, 0.29) is 68.2 Å². The van der Waals surface area contributed by atoms with Gasteiger partial charge in [-0.3, -0.25) is 9.59 Å². The quantitative estimate of drug-likeness (QED) is 0.202. The van der Waals surface area contributed by atoms with Crippen molar-refractivity contribution in [1.29, 1.82) is 0 Å². The van der Waals surface area contributed by atoms with Crippen LogP contribution in [0.2, 0.25) is 5.02 Å². The number of rotatable bonds is 4. The maximum atomic E-state index is 13.2. The Morgan fingerprint density at radius 2 is 1.55 bits per heavy atom. The largest absolute Gasteiger partial charge is 1.00 e. The normalized spacial score (nSPS) is 12.4. The molecule has 1 aliphatic carbocycles. The van der Waals surface area contributed by atoms with Gasteiger partial charge in [-0.05, 0) is 24.3 Å². The van der Waals surface area contributed by atoms with Crippen LogP contribution >= 0.6 is 11.6 Å². The smallest absolute Gasteiger partial charge is 0.744 e. The summed E-state index contributed by atoms with van der Waals surface area (Å²) < 4.78 is 35.5. The van der Waals surface area contributed by atoms with Crippen molar-refractivity contribution < 1.29 is 62.0 Å². The summed E-state index contributed by atoms with van der Waals surface area (Å²) in [5.74, 6) is -2.73. The van der Waals surface area contributed by atoms with E-state index in [1.165, 1.54) is 36.4 Å². The van der Waals surface area contributed by atoms with E-state index in [0.29, 0.717) is 0 Å². The first-order chi connectivity index (χ1) is 15.0. The predicted molar refractivity (Wildman–Crippen MR) is 114 cm³/mol. The van der Waals surface area contributed by atoms with Crippen LogP contribution in [0, 0.1) is 0 Å². The van der Waals surface area contributed by atoms with Gasteiger partial charge in [0.25, 0.3) is 0 Å². The first kappa shape index (κ1) is 24.9. The number of carboxylic acids is 1. The maximum Gasteiger partial charge on any atom is 1.00 e. The Kier molecular flexibility index (Phi) is 6.72. The van der Waals surface area contributed by atoms with Gasteiger partial charge in [0, 0.05) is 16.1 Å². The number of nitrogens with two attached hydrogens (primary N) is 1. The topological polar surface area (TPSA) is 167 Å². The molecule has 0 saturated carbocycles. The molecular formula is C21H12ClN2NaO7S. The van der Waals surface area contributed by atoms with Crippen LogP contribution in [0.5, 0.6) is 0 Å². The number of fused-ring (bicyclic) bond motifs is 2. The zero-order chi connectivity index (χ0) is 23.4. The van der Waals surface area contributed by atoms with Gasteiger partial charge in [-0.2, -0.15) is 0 Å².